The van der Waals surface area contributed by atoms with Crippen molar-refractivity contribution in [1.82, 2.24) is 5.32 Å². The Bertz CT molecular complexity index is 503. The number of rotatable bonds is 6. The van der Waals surface area contributed by atoms with Crippen LogP contribution in [0.1, 0.15) is 36.2 Å². The monoisotopic (exact) mass is 298 g/mol. The van der Waals surface area contributed by atoms with E-state index >= 15 is 0 Å². The lowest BCUT2D eigenvalue weighted by Gasteiger charge is -2.13. The average Bonchev–Trinajstić information content (AvgIpc) is 2.34. The first-order chi connectivity index (χ1) is 9.31. The fourth-order valence-corrected chi connectivity index (χ4v) is 2.32. The van der Waals surface area contributed by atoms with Crippen molar-refractivity contribution in [3.63, 3.8) is 0 Å². The second kappa shape index (κ2) is 7.24. The van der Waals surface area contributed by atoms with Gasteiger partial charge in [-0.1, -0.05) is 19.9 Å². The Labute approximate surface area is 123 Å². The number of nitrogens with zero attached hydrogens (tertiary/aromatic N) is 1. The molecule has 20 heavy (non-hydrogen) atoms. The SMILES string of the molecule is Cc1ccc([N+](=O)[O-])c(C(=O)NCC(Cl)CC(C)C)c1. The van der Waals surface area contributed by atoms with E-state index in [0.29, 0.717) is 12.5 Å². The van der Waals surface area contributed by atoms with Crippen molar-refractivity contribution < 1.29 is 9.72 Å². The minimum Gasteiger partial charge on any atom is -0.350 e. The summed E-state index contributed by atoms with van der Waals surface area (Å²) in [7, 11) is 0. The number of aryl methyl sites for hydroxylation is 1. The third kappa shape index (κ3) is 4.81. The summed E-state index contributed by atoms with van der Waals surface area (Å²) in [4.78, 5) is 22.4. The minimum absolute atomic E-state index is 0.0726. The standard InChI is InChI=1S/C14H19ClN2O3/c1-9(2)6-11(15)8-16-14(18)12-7-10(3)4-5-13(12)17(19)20/h4-5,7,9,11H,6,8H2,1-3H3,(H,16,18). The molecule has 5 nitrogen and oxygen atoms in total. The molecular formula is C14H19ClN2O3. The molecule has 0 saturated carbocycles. The zero-order valence-corrected chi connectivity index (χ0v) is 12.6. The van der Waals surface area contributed by atoms with Crippen molar-refractivity contribution in [3.8, 4) is 0 Å². The van der Waals surface area contributed by atoms with E-state index in [-0.39, 0.29) is 16.6 Å². The molecular weight excluding hydrogens is 280 g/mol. The summed E-state index contributed by atoms with van der Waals surface area (Å²) in [6.07, 6.45) is 0.776. The molecule has 1 N–H and O–H groups in total. The number of benzene rings is 1. The Hall–Kier alpha value is -1.62. The number of nitro groups is 1. The van der Waals surface area contributed by atoms with E-state index < -0.39 is 10.8 Å². The zero-order chi connectivity index (χ0) is 15.3. The van der Waals surface area contributed by atoms with Crippen molar-refractivity contribution in [2.75, 3.05) is 6.54 Å². The summed E-state index contributed by atoms with van der Waals surface area (Å²) in [6, 6.07) is 4.47. The summed E-state index contributed by atoms with van der Waals surface area (Å²) in [5.41, 5.74) is 0.678. The van der Waals surface area contributed by atoms with E-state index in [0.717, 1.165) is 12.0 Å². The van der Waals surface area contributed by atoms with Crippen LogP contribution in [0.15, 0.2) is 18.2 Å². The summed E-state index contributed by atoms with van der Waals surface area (Å²) in [6.45, 7) is 6.17. The van der Waals surface area contributed by atoms with Crippen LogP contribution in [-0.2, 0) is 0 Å². The van der Waals surface area contributed by atoms with Crippen LogP contribution in [-0.4, -0.2) is 22.8 Å². The molecule has 1 aromatic rings. The Balaban J connectivity index is 2.77. The lowest BCUT2D eigenvalue weighted by molar-refractivity contribution is -0.385. The van der Waals surface area contributed by atoms with Gasteiger partial charge >= 0.3 is 0 Å². The van der Waals surface area contributed by atoms with Gasteiger partial charge in [0.05, 0.1) is 10.3 Å². The highest BCUT2D eigenvalue weighted by Crippen LogP contribution is 2.20. The van der Waals surface area contributed by atoms with Crippen LogP contribution >= 0.6 is 11.6 Å². The molecule has 1 atom stereocenters. The predicted molar refractivity (Wildman–Crippen MR) is 79.3 cm³/mol. The summed E-state index contributed by atoms with van der Waals surface area (Å²) < 4.78 is 0. The summed E-state index contributed by atoms with van der Waals surface area (Å²) in [5.74, 6) is -0.0301. The van der Waals surface area contributed by atoms with Crippen LogP contribution in [0.4, 0.5) is 5.69 Å². The highest BCUT2D eigenvalue weighted by molar-refractivity contribution is 6.21. The molecule has 1 aromatic carbocycles. The van der Waals surface area contributed by atoms with E-state index in [1.54, 1.807) is 13.0 Å². The first-order valence-corrected chi connectivity index (χ1v) is 6.92. The number of hydrogen-bond donors (Lipinski definition) is 1. The first kappa shape index (κ1) is 16.4. The van der Waals surface area contributed by atoms with Gasteiger partial charge in [0, 0.05) is 12.6 Å². The average molecular weight is 299 g/mol. The van der Waals surface area contributed by atoms with Gasteiger partial charge in [-0.25, -0.2) is 0 Å². The van der Waals surface area contributed by atoms with Crippen molar-refractivity contribution in [2.45, 2.75) is 32.6 Å². The highest BCUT2D eigenvalue weighted by atomic mass is 35.5. The lowest BCUT2D eigenvalue weighted by Crippen LogP contribution is -2.30. The minimum atomic E-state index is -0.555. The summed E-state index contributed by atoms with van der Waals surface area (Å²) >= 11 is 6.09. The quantitative estimate of drug-likeness (QED) is 0.497. The molecule has 1 rings (SSSR count). The highest BCUT2D eigenvalue weighted by Gasteiger charge is 2.20. The van der Waals surface area contributed by atoms with Gasteiger partial charge in [-0.15, -0.1) is 11.6 Å². The second-order valence-electron chi connectivity index (χ2n) is 5.21. The number of nitrogens with one attached hydrogen (secondary N) is 1. The van der Waals surface area contributed by atoms with Gasteiger partial charge in [0.1, 0.15) is 5.56 Å². The van der Waals surface area contributed by atoms with Gasteiger partial charge in [0.2, 0.25) is 0 Å². The van der Waals surface area contributed by atoms with Gasteiger partial charge < -0.3 is 5.32 Å². The largest absolute Gasteiger partial charge is 0.350 e. The van der Waals surface area contributed by atoms with E-state index in [2.05, 4.69) is 5.32 Å². The molecule has 0 heterocycles. The number of carbonyl (C=O) groups excluding carboxylic acids is 1. The van der Waals surface area contributed by atoms with Gasteiger partial charge in [-0.05, 0) is 30.9 Å². The van der Waals surface area contributed by atoms with Gasteiger partial charge in [0.25, 0.3) is 11.6 Å². The van der Waals surface area contributed by atoms with E-state index in [1.165, 1.54) is 12.1 Å². The fourth-order valence-electron chi connectivity index (χ4n) is 1.88. The van der Waals surface area contributed by atoms with Gasteiger partial charge in [0.15, 0.2) is 0 Å². The maximum Gasteiger partial charge on any atom is 0.282 e. The Morgan fingerprint density at radius 3 is 2.65 bits per heavy atom. The van der Waals surface area contributed by atoms with E-state index in [4.69, 9.17) is 11.6 Å². The second-order valence-corrected chi connectivity index (χ2v) is 5.83. The third-order valence-electron chi connectivity index (χ3n) is 2.80. The maximum atomic E-state index is 12.0. The number of halogens is 1. The molecule has 0 bridgehead atoms. The Morgan fingerprint density at radius 2 is 2.10 bits per heavy atom. The van der Waals surface area contributed by atoms with Crippen molar-refractivity contribution in [2.24, 2.45) is 5.92 Å². The van der Waals surface area contributed by atoms with Crippen LogP contribution < -0.4 is 5.32 Å². The van der Waals surface area contributed by atoms with Gasteiger partial charge in [-0.2, -0.15) is 0 Å². The van der Waals surface area contributed by atoms with Crippen molar-refractivity contribution in [3.05, 3.63) is 39.4 Å². The number of nitro benzene ring substituents is 1. The number of carbonyl (C=O) groups is 1. The van der Waals surface area contributed by atoms with Crippen LogP contribution in [0.25, 0.3) is 0 Å². The summed E-state index contributed by atoms with van der Waals surface area (Å²) in [5, 5.41) is 13.4. The number of hydrogen-bond acceptors (Lipinski definition) is 3. The molecule has 6 heteroatoms. The first-order valence-electron chi connectivity index (χ1n) is 6.48. The topological polar surface area (TPSA) is 72.2 Å². The van der Waals surface area contributed by atoms with Crippen LogP contribution in [0, 0.1) is 23.0 Å². The van der Waals surface area contributed by atoms with Crippen LogP contribution in [0.5, 0.6) is 0 Å². The number of amides is 1. The Kier molecular flexibility index (Phi) is 5.95. The van der Waals surface area contributed by atoms with Crippen molar-refractivity contribution >= 4 is 23.2 Å². The molecule has 0 spiro atoms. The molecule has 0 aliphatic rings. The molecule has 0 aliphatic heterocycles. The zero-order valence-electron chi connectivity index (χ0n) is 11.9. The van der Waals surface area contributed by atoms with Gasteiger partial charge in [-0.3, -0.25) is 14.9 Å². The Morgan fingerprint density at radius 1 is 1.45 bits per heavy atom. The molecule has 0 fully saturated rings. The van der Waals surface area contributed by atoms with E-state index in [9.17, 15) is 14.9 Å². The lowest BCUT2D eigenvalue weighted by atomic mass is 10.1. The molecule has 0 aliphatic carbocycles. The molecule has 0 radical (unpaired) electrons. The third-order valence-corrected chi connectivity index (χ3v) is 3.14. The smallest absolute Gasteiger partial charge is 0.282 e. The van der Waals surface area contributed by atoms with Crippen LogP contribution in [0.3, 0.4) is 0 Å². The maximum absolute atomic E-state index is 12.0. The van der Waals surface area contributed by atoms with Crippen molar-refractivity contribution in [1.29, 1.82) is 0 Å². The molecule has 0 aromatic heterocycles. The van der Waals surface area contributed by atoms with E-state index in [1.807, 2.05) is 13.8 Å². The fraction of sp³-hybridized carbons (Fsp3) is 0.500. The molecule has 0 saturated heterocycles. The number of alkyl halides is 1. The van der Waals surface area contributed by atoms with Crippen LogP contribution in [0.2, 0.25) is 0 Å². The molecule has 110 valence electrons. The molecule has 1 amide bonds. The normalized spacial score (nSPS) is 12.2. The predicted octanol–water partition coefficient (Wildman–Crippen LogP) is 3.29. The molecule has 1 unspecified atom stereocenters.